The molecule has 1 amide bonds. The summed E-state index contributed by atoms with van der Waals surface area (Å²) in [5.74, 6) is -0.274. The van der Waals surface area contributed by atoms with Crippen LogP contribution in [0.2, 0.25) is 0 Å². The van der Waals surface area contributed by atoms with E-state index in [1.165, 1.54) is 28.1 Å². The summed E-state index contributed by atoms with van der Waals surface area (Å²) in [5.41, 5.74) is 1.40. The quantitative estimate of drug-likeness (QED) is 0.761. The lowest BCUT2D eigenvalue weighted by atomic mass is 10.1. The second kappa shape index (κ2) is 6.62. The van der Waals surface area contributed by atoms with Crippen LogP contribution < -0.4 is 16.6 Å². The number of imidazole rings is 1. The van der Waals surface area contributed by atoms with Gasteiger partial charge in [0.2, 0.25) is 5.91 Å². The fourth-order valence-corrected chi connectivity index (χ4v) is 2.85. The van der Waals surface area contributed by atoms with Gasteiger partial charge in [-0.2, -0.15) is 0 Å². The van der Waals surface area contributed by atoms with Crippen molar-refractivity contribution in [2.75, 3.05) is 5.32 Å². The summed E-state index contributed by atoms with van der Waals surface area (Å²) >= 11 is 0. The van der Waals surface area contributed by atoms with Gasteiger partial charge in [-0.1, -0.05) is 19.1 Å². The Morgan fingerprint density at radius 3 is 2.42 bits per heavy atom. The predicted octanol–water partition coefficient (Wildman–Crippen LogP) is 1.20. The number of rotatable bonds is 4. The molecule has 1 unspecified atom stereocenters. The number of anilines is 1. The van der Waals surface area contributed by atoms with Gasteiger partial charge in [0.05, 0.1) is 6.33 Å². The summed E-state index contributed by atoms with van der Waals surface area (Å²) in [7, 11) is 2.95. The number of aromatic nitrogens is 4. The predicted molar refractivity (Wildman–Crippen MR) is 99.4 cm³/mol. The number of nitrogens with one attached hydrogen (secondary N) is 1. The molecule has 8 nitrogen and oxygen atoms in total. The van der Waals surface area contributed by atoms with Crippen LogP contribution >= 0.6 is 0 Å². The van der Waals surface area contributed by atoms with Gasteiger partial charge in [-0.25, -0.2) is 9.78 Å². The van der Waals surface area contributed by atoms with E-state index in [0.717, 1.165) is 11.0 Å². The Morgan fingerprint density at radius 2 is 1.81 bits per heavy atom. The number of nitrogens with zero attached hydrogens (tertiary/aromatic N) is 4. The van der Waals surface area contributed by atoms with Crippen LogP contribution in [0.15, 0.2) is 40.2 Å². The van der Waals surface area contributed by atoms with Gasteiger partial charge in [-0.3, -0.25) is 18.7 Å². The van der Waals surface area contributed by atoms with E-state index in [1.54, 1.807) is 14.0 Å². The lowest BCUT2D eigenvalue weighted by Gasteiger charge is -2.15. The number of carbonyl (C=O) groups excluding carboxylic acids is 1. The number of amides is 1. The van der Waals surface area contributed by atoms with E-state index in [2.05, 4.69) is 17.2 Å². The van der Waals surface area contributed by atoms with Gasteiger partial charge < -0.3 is 9.88 Å². The first-order valence-electron chi connectivity index (χ1n) is 8.37. The minimum atomic E-state index is -0.670. The summed E-state index contributed by atoms with van der Waals surface area (Å²) < 4.78 is 3.79. The highest BCUT2D eigenvalue weighted by atomic mass is 16.2. The molecule has 3 aromatic rings. The maximum Gasteiger partial charge on any atom is 0.332 e. The van der Waals surface area contributed by atoms with Crippen molar-refractivity contribution in [3.63, 3.8) is 0 Å². The Morgan fingerprint density at radius 1 is 1.15 bits per heavy atom. The molecule has 0 bridgehead atoms. The molecule has 1 aromatic carbocycles. The number of aryl methyl sites for hydroxylation is 2. The van der Waals surface area contributed by atoms with Crippen molar-refractivity contribution in [2.24, 2.45) is 14.1 Å². The molecule has 0 aliphatic rings. The van der Waals surface area contributed by atoms with E-state index in [0.29, 0.717) is 5.69 Å². The zero-order valence-electron chi connectivity index (χ0n) is 15.2. The summed E-state index contributed by atoms with van der Waals surface area (Å²) in [6.07, 6.45) is 2.34. The molecule has 0 fully saturated rings. The molecular weight excluding hydrogens is 334 g/mol. The van der Waals surface area contributed by atoms with Crippen LogP contribution in [-0.2, 0) is 25.3 Å². The van der Waals surface area contributed by atoms with E-state index >= 15 is 0 Å². The van der Waals surface area contributed by atoms with Gasteiger partial charge in [0, 0.05) is 19.8 Å². The van der Waals surface area contributed by atoms with Crippen molar-refractivity contribution in [3.05, 3.63) is 57.0 Å². The summed E-state index contributed by atoms with van der Waals surface area (Å²) in [4.78, 5) is 41.3. The lowest BCUT2D eigenvalue weighted by molar-refractivity contribution is -0.118. The normalized spacial score (nSPS) is 12.3. The minimum Gasteiger partial charge on any atom is -0.324 e. The van der Waals surface area contributed by atoms with Gasteiger partial charge in [-0.05, 0) is 31.0 Å². The molecular formula is C18H21N5O3. The van der Waals surface area contributed by atoms with Crippen LogP contribution in [0.3, 0.4) is 0 Å². The molecule has 1 atom stereocenters. The van der Waals surface area contributed by atoms with Crippen molar-refractivity contribution in [1.29, 1.82) is 0 Å². The molecule has 0 spiro atoms. The van der Waals surface area contributed by atoms with Gasteiger partial charge in [0.25, 0.3) is 5.56 Å². The first kappa shape index (κ1) is 17.7. The van der Waals surface area contributed by atoms with Gasteiger partial charge in [0.15, 0.2) is 11.2 Å². The molecule has 26 heavy (non-hydrogen) atoms. The minimum absolute atomic E-state index is 0.221. The highest BCUT2D eigenvalue weighted by molar-refractivity contribution is 5.94. The van der Waals surface area contributed by atoms with Crippen molar-refractivity contribution in [1.82, 2.24) is 18.7 Å². The van der Waals surface area contributed by atoms with Crippen LogP contribution in [0.25, 0.3) is 11.2 Å². The Kier molecular flexibility index (Phi) is 4.50. The monoisotopic (exact) mass is 355 g/mol. The van der Waals surface area contributed by atoms with Gasteiger partial charge in [-0.15, -0.1) is 0 Å². The maximum absolute atomic E-state index is 12.6. The summed E-state index contributed by atoms with van der Waals surface area (Å²) in [5, 5.41) is 2.84. The maximum atomic E-state index is 12.6. The van der Waals surface area contributed by atoms with Crippen LogP contribution in [0, 0.1) is 0 Å². The zero-order valence-corrected chi connectivity index (χ0v) is 15.2. The standard InChI is InChI=1S/C18H21N5O3/c1-5-12-6-8-13(9-7-12)20-16(24)11(2)23-10-19-15-14(23)17(25)22(4)18(26)21(15)3/h6-11H,5H2,1-4H3,(H,20,24). The average Bonchev–Trinajstić information content (AvgIpc) is 3.09. The molecule has 0 aliphatic carbocycles. The molecule has 1 N–H and O–H groups in total. The first-order valence-corrected chi connectivity index (χ1v) is 8.37. The Balaban J connectivity index is 1.96. The topological polar surface area (TPSA) is 90.9 Å². The Labute approximate surface area is 149 Å². The fraction of sp³-hybridized carbons (Fsp3) is 0.333. The van der Waals surface area contributed by atoms with Crippen molar-refractivity contribution >= 4 is 22.8 Å². The molecule has 136 valence electrons. The highest BCUT2D eigenvalue weighted by Gasteiger charge is 2.21. The van der Waals surface area contributed by atoms with Gasteiger partial charge >= 0.3 is 5.69 Å². The second-order valence-electron chi connectivity index (χ2n) is 6.25. The third-order valence-corrected chi connectivity index (χ3v) is 4.60. The van der Waals surface area contributed by atoms with E-state index in [1.807, 2.05) is 24.3 Å². The van der Waals surface area contributed by atoms with Crippen LogP contribution in [0.4, 0.5) is 5.69 Å². The smallest absolute Gasteiger partial charge is 0.324 e. The molecule has 0 radical (unpaired) electrons. The second-order valence-corrected chi connectivity index (χ2v) is 6.25. The van der Waals surface area contributed by atoms with Crippen LogP contribution in [-0.4, -0.2) is 24.6 Å². The average molecular weight is 355 g/mol. The molecule has 2 aromatic heterocycles. The van der Waals surface area contributed by atoms with E-state index in [9.17, 15) is 14.4 Å². The molecule has 0 saturated carbocycles. The van der Waals surface area contributed by atoms with E-state index in [4.69, 9.17) is 0 Å². The molecule has 8 heteroatoms. The number of hydrogen-bond donors (Lipinski definition) is 1. The molecule has 0 saturated heterocycles. The largest absolute Gasteiger partial charge is 0.332 e. The number of carbonyl (C=O) groups is 1. The van der Waals surface area contributed by atoms with E-state index in [-0.39, 0.29) is 17.1 Å². The molecule has 2 heterocycles. The number of fused-ring (bicyclic) bond motifs is 1. The first-order chi connectivity index (χ1) is 12.3. The summed E-state index contributed by atoms with van der Waals surface area (Å²) in [6.45, 7) is 3.75. The van der Waals surface area contributed by atoms with Crippen LogP contribution in [0.5, 0.6) is 0 Å². The van der Waals surface area contributed by atoms with Crippen molar-refractivity contribution in [2.45, 2.75) is 26.3 Å². The number of benzene rings is 1. The summed E-state index contributed by atoms with van der Waals surface area (Å²) in [6, 6.07) is 6.93. The third kappa shape index (κ3) is 2.83. The third-order valence-electron chi connectivity index (χ3n) is 4.60. The van der Waals surface area contributed by atoms with E-state index < -0.39 is 17.3 Å². The number of hydrogen-bond acceptors (Lipinski definition) is 4. The Bertz CT molecular complexity index is 1090. The van der Waals surface area contributed by atoms with Gasteiger partial charge in [0.1, 0.15) is 6.04 Å². The Hall–Kier alpha value is -3.16. The zero-order chi connectivity index (χ0) is 19.0. The SMILES string of the molecule is CCc1ccc(NC(=O)C(C)n2cnc3c2c(=O)n(C)c(=O)n3C)cc1. The molecule has 3 rings (SSSR count). The highest BCUT2D eigenvalue weighted by Crippen LogP contribution is 2.16. The van der Waals surface area contributed by atoms with Crippen LogP contribution in [0.1, 0.15) is 25.5 Å². The molecule has 0 aliphatic heterocycles. The fourth-order valence-electron chi connectivity index (χ4n) is 2.85. The van der Waals surface area contributed by atoms with Crippen molar-refractivity contribution in [3.8, 4) is 0 Å². The lowest BCUT2D eigenvalue weighted by Crippen LogP contribution is -2.38. The van der Waals surface area contributed by atoms with Crippen molar-refractivity contribution < 1.29 is 4.79 Å².